The second kappa shape index (κ2) is 7.07. The van der Waals surface area contributed by atoms with Crippen LogP contribution in [0.2, 0.25) is 0 Å². The standard InChI is InChI=1S/C20H17N3O5/c1-12-5-7-14(20(25)23(12)2)18(24)22-15-4-3-9-21-19(15)28-13-6-8-16-17(10-13)27-11-26-16/h3-10H,11H2,1-2H3,(H,22,24). The van der Waals surface area contributed by atoms with Crippen LogP contribution < -0.4 is 25.1 Å². The summed E-state index contributed by atoms with van der Waals surface area (Å²) < 4.78 is 17.8. The monoisotopic (exact) mass is 379 g/mol. The highest BCUT2D eigenvalue weighted by Crippen LogP contribution is 2.37. The van der Waals surface area contributed by atoms with Gasteiger partial charge in [0, 0.05) is 25.0 Å². The van der Waals surface area contributed by atoms with Crippen LogP contribution in [0.1, 0.15) is 16.1 Å². The Labute approximate surface area is 160 Å². The van der Waals surface area contributed by atoms with E-state index in [4.69, 9.17) is 14.2 Å². The van der Waals surface area contributed by atoms with Crippen molar-refractivity contribution in [2.24, 2.45) is 7.05 Å². The van der Waals surface area contributed by atoms with E-state index >= 15 is 0 Å². The van der Waals surface area contributed by atoms with Gasteiger partial charge in [0.25, 0.3) is 11.5 Å². The summed E-state index contributed by atoms with van der Waals surface area (Å²) in [5.41, 5.74) is 0.758. The number of carbonyl (C=O) groups excluding carboxylic acids is 1. The quantitative estimate of drug-likeness (QED) is 0.749. The van der Waals surface area contributed by atoms with Crippen LogP contribution in [-0.4, -0.2) is 22.3 Å². The predicted octanol–water partition coefficient (Wildman–Crippen LogP) is 2.86. The third-order valence-electron chi connectivity index (χ3n) is 4.38. The van der Waals surface area contributed by atoms with Gasteiger partial charge in [0.05, 0.1) is 0 Å². The summed E-state index contributed by atoms with van der Waals surface area (Å²) in [6.45, 7) is 1.96. The highest BCUT2D eigenvalue weighted by atomic mass is 16.7. The topological polar surface area (TPSA) is 91.7 Å². The molecule has 0 bridgehead atoms. The molecule has 0 aliphatic carbocycles. The molecule has 3 aromatic rings. The molecule has 142 valence electrons. The lowest BCUT2D eigenvalue weighted by atomic mass is 10.2. The first kappa shape index (κ1) is 17.6. The zero-order valence-corrected chi connectivity index (χ0v) is 15.3. The number of carbonyl (C=O) groups is 1. The van der Waals surface area contributed by atoms with Crippen molar-refractivity contribution in [1.82, 2.24) is 9.55 Å². The van der Waals surface area contributed by atoms with E-state index in [2.05, 4.69) is 10.3 Å². The second-order valence-corrected chi connectivity index (χ2v) is 6.18. The number of aryl methyl sites for hydroxylation is 1. The van der Waals surface area contributed by atoms with E-state index in [9.17, 15) is 9.59 Å². The molecule has 3 heterocycles. The van der Waals surface area contributed by atoms with E-state index in [0.29, 0.717) is 22.9 Å². The Kier molecular flexibility index (Phi) is 4.44. The minimum atomic E-state index is -0.538. The zero-order chi connectivity index (χ0) is 19.7. The predicted molar refractivity (Wildman–Crippen MR) is 101 cm³/mol. The molecule has 0 fully saturated rings. The molecule has 0 spiro atoms. The minimum absolute atomic E-state index is 0.0333. The van der Waals surface area contributed by atoms with Crippen LogP contribution in [-0.2, 0) is 7.05 Å². The van der Waals surface area contributed by atoms with Crippen LogP contribution in [0, 0.1) is 6.92 Å². The number of fused-ring (bicyclic) bond motifs is 1. The van der Waals surface area contributed by atoms with Crippen molar-refractivity contribution < 1.29 is 19.0 Å². The van der Waals surface area contributed by atoms with Gasteiger partial charge in [0.2, 0.25) is 12.7 Å². The maximum absolute atomic E-state index is 12.6. The normalized spacial score (nSPS) is 11.9. The summed E-state index contributed by atoms with van der Waals surface area (Å²) in [4.78, 5) is 29.1. The molecule has 8 heteroatoms. The molecule has 1 aliphatic rings. The molecule has 1 N–H and O–H groups in total. The number of ether oxygens (including phenoxy) is 3. The summed E-state index contributed by atoms with van der Waals surface area (Å²) >= 11 is 0. The smallest absolute Gasteiger partial charge is 0.263 e. The molecular formula is C20H17N3O5. The van der Waals surface area contributed by atoms with Crippen molar-refractivity contribution in [3.05, 3.63) is 70.3 Å². The second-order valence-electron chi connectivity index (χ2n) is 6.18. The lowest BCUT2D eigenvalue weighted by molar-refractivity contribution is 0.102. The Morgan fingerprint density at radius 2 is 2.00 bits per heavy atom. The molecule has 1 amide bonds. The highest BCUT2D eigenvalue weighted by molar-refractivity contribution is 6.04. The molecule has 0 radical (unpaired) electrons. The van der Waals surface area contributed by atoms with Gasteiger partial charge in [-0.25, -0.2) is 4.98 Å². The van der Waals surface area contributed by atoms with Gasteiger partial charge in [0.1, 0.15) is 17.0 Å². The number of hydrogen-bond acceptors (Lipinski definition) is 6. The molecule has 0 saturated heterocycles. The van der Waals surface area contributed by atoms with Gasteiger partial charge in [-0.05, 0) is 43.3 Å². The van der Waals surface area contributed by atoms with Gasteiger partial charge in [-0.15, -0.1) is 0 Å². The Morgan fingerprint density at radius 3 is 2.86 bits per heavy atom. The van der Waals surface area contributed by atoms with Crippen molar-refractivity contribution in [2.75, 3.05) is 12.1 Å². The molecule has 0 atom stereocenters. The van der Waals surface area contributed by atoms with Crippen LogP contribution in [0.15, 0.2) is 53.5 Å². The summed E-state index contributed by atoms with van der Waals surface area (Å²) in [6, 6.07) is 11.6. The van der Waals surface area contributed by atoms with Gasteiger partial charge < -0.3 is 24.1 Å². The molecule has 1 aromatic carbocycles. The van der Waals surface area contributed by atoms with Crippen molar-refractivity contribution in [3.63, 3.8) is 0 Å². The van der Waals surface area contributed by atoms with Gasteiger partial charge in [0.15, 0.2) is 11.5 Å². The Balaban J connectivity index is 1.59. The number of amides is 1. The molecule has 8 nitrogen and oxygen atoms in total. The van der Waals surface area contributed by atoms with E-state index in [0.717, 1.165) is 5.69 Å². The number of nitrogens with zero attached hydrogens (tertiary/aromatic N) is 2. The number of hydrogen-bond donors (Lipinski definition) is 1. The number of nitrogens with one attached hydrogen (secondary N) is 1. The molecule has 2 aromatic heterocycles. The van der Waals surface area contributed by atoms with E-state index < -0.39 is 5.91 Å². The van der Waals surface area contributed by atoms with Crippen LogP contribution >= 0.6 is 0 Å². The number of benzene rings is 1. The fourth-order valence-corrected chi connectivity index (χ4v) is 2.71. The van der Waals surface area contributed by atoms with Gasteiger partial charge >= 0.3 is 0 Å². The van der Waals surface area contributed by atoms with Crippen molar-refractivity contribution >= 4 is 11.6 Å². The average molecular weight is 379 g/mol. The zero-order valence-electron chi connectivity index (χ0n) is 15.3. The maximum Gasteiger partial charge on any atom is 0.263 e. The number of aromatic nitrogens is 2. The van der Waals surface area contributed by atoms with Crippen molar-refractivity contribution in [3.8, 4) is 23.1 Å². The molecular weight excluding hydrogens is 362 g/mol. The van der Waals surface area contributed by atoms with Gasteiger partial charge in [-0.2, -0.15) is 0 Å². The molecule has 4 rings (SSSR count). The first-order valence-electron chi connectivity index (χ1n) is 8.53. The van der Waals surface area contributed by atoms with Gasteiger partial charge in [-0.3, -0.25) is 9.59 Å². The summed E-state index contributed by atoms with van der Waals surface area (Å²) in [5.74, 6) is 1.34. The maximum atomic E-state index is 12.6. The summed E-state index contributed by atoms with van der Waals surface area (Å²) in [6.07, 6.45) is 1.54. The fourth-order valence-electron chi connectivity index (χ4n) is 2.71. The Hall–Kier alpha value is -3.81. The van der Waals surface area contributed by atoms with Crippen LogP contribution in [0.25, 0.3) is 0 Å². The molecule has 0 saturated carbocycles. The number of rotatable bonds is 4. The first-order valence-corrected chi connectivity index (χ1v) is 8.53. The minimum Gasteiger partial charge on any atom is -0.454 e. The van der Waals surface area contributed by atoms with E-state index in [1.807, 2.05) is 0 Å². The number of pyridine rings is 2. The van der Waals surface area contributed by atoms with Crippen molar-refractivity contribution in [2.45, 2.75) is 6.92 Å². The summed E-state index contributed by atoms with van der Waals surface area (Å²) in [7, 11) is 1.62. The summed E-state index contributed by atoms with van der Waals surface area (Å²) in [5, 5.41) is 2.69. The largest absolute Gasteiger partial charge is 0.454 e. The average Bonchev–Trinajstić information content (AvgIpc) is 3.15. The molecule has 28 heavy (non-hydrogen) atoms. The highest BCUT2D eigenvalue weighted by Gasteiger charge is 2.17. The van der Waals surface area contributed by atoms with Crippen LogP contribution in [0.4, 0.5) is 5.69 Å². The fraction of sp³-hybridized carbons (Fsp3) is 0.150. The van der Waals surface area contributed by atoms with Crippen molar-refractivity contribution in [1.29, 1.82) is 0 Å². The SMILES string of the molecule is Cc1ccc(C(=O)Nc2cccnc2Oc2ccc3c(c2)OCO3)c(=O)n1C. The van der Waals surface area contributed by atoms with E-state index in [-0.39, 0.29) is 23.8 Å². The first-order chi connectivity index (χ1) is 13.5. The lowest BCUT2D eigenvalue weighted by Crippen LogP contribution is -2.28. The molecule has 0 unspecified atom stereocenters. The van der Waals surface area contributed by atoms with E-state index in [1.165, 1.54) is 10.6 Å². The van der Waals surface area contributed by atoms with Gasteiger partial charge in [-0.1, -0.05) is 0 Å². The third kappa shape index (κ3) is 3.27. The lowest BCUT2D eigenvalue weighted by Gasteiger charge is -2.12. The Morgan fingerprint density at radius 1 is 1.18 bits per heavy atom. The molecule has 1 aliphatic heterocycles. The van der Waals surface area contributed by atoms with Crippen LogP contribution in [0.5, 0.6) is 23.1 Å². The number of anilines is 1. The Bertz CT molecular complexity index is 1120. The third-order valence-corrected chi connectivity index (χ3v) is 4.38. The van der Waals surface area contributed by atoms with E-state index in [1.54, 1.807) is 56.6 Å². The van der Waals surface area contributed by atoms with Crippen LogP contribution in [0.3, 0.4) is 0 Å².